The molecule has 0 amide bonds. The van der Waals surface area contributed by atoms with Crippen molar-refractivity contribution in [2.75, 3.05) is 6.54 Å². The second-order valence-corrected chi connectivity index (χ2v) is 1.91. The molecule has 0 aromatic carbocycles. The standard InChI is InChI=1S/C8H10N2.C2H4/c1-3-8-9-6-5-7-10(8)4-2;1-2/h3-6H,1-2,7H2;1-2H2. The minimum Gasteiger partial charge on any atom is -0.330 e. The lowest BCUT2D eigenvalue weighted by Gasteiger charge is -2.19. The van der Waals surface area contributed by atoms with E-state index in [0.717, 1.165) is 12.4 Å². The van der Waals surface area contributed by atoms with Crippen LogP contribution in [0.5, 0.6) is 0 Å². The Bertz CT molecular complexity index is 214. The van der Waals surface area contributed by atoms with Gasteiger partial charge in [0.15, 0.2) is 0 Å². The van der Waals surface area contributed by atoms with Crippen molar-refractivity contribution in [2.45, 2.75) is 0 Å². The summed E-state index contributed by atoms with van der Waals surface area (Å²) in [5.41, 5.74) is 0. The van der Waals surface area contributed by atoms with Gasteiger partial charge in [-0.1, -0.05) is 13.2 Å². The summed E-state index contributed by atoms with van der Waals surface area (Å²) in [5, 5.41) is 0. The van der Waals surface area contributed by atoms with Crippen LogP contribution in [-0.2, 0) is 0 Å². The van der Waals surface area contributed by atoms with Gasteiger partial charge in [-0.25, -0.2) is 4.99 Å². The third kappa shape index (κ3) is 2.58. The van der Waals surface area contributed by atoms with Gasteiger partial charge in [0.2, 0.25) is 0 Å². The first-order valence-corrected chi connectivity index (χ1v) is 3.63. The number of hydrogen-bond donors (Lipinski definition) is 0. The second-order valence-electron chi connectivity index (χ2n) is 1.91. The Morgan fingerprint density at radius 2 is 2.08 bits per heavy atom. The zero-order valence-corrected chi connectivity index (χ0v) is 7.24. The number of aliphatic imine (C=N–C) groups is 1. The lowest BCUT2D eigenvalue weighted by Crippen LogP contribution is -2.25. The van der Waals surface area contributed by atoms with E-state index in [4.69, 9.17) is 0 Å². The highest BCUT2D eigenvalue weighted by Gasteiger charge is 2.03. The van der Waals surface area contributed by atoms with Gasteiger partial charge in [0.1, 0.15) is 5.84 Å². The fourth-order valence-electron chi connectivity index (χ4n) is 0.795. The molecule has 0 N–H and O–H groups in total. The van der Waals surface area contributed by atoms with Gasteiger partial charge in [0.25, 0.3) is 0 Å². The van der Waals surface area contributed by atoms with Crippen molar-refractivity contribution in [3.8, 4) is 0 Å². The Morgan fingerprint density at radius 3 is 2.50 bits per heavy atom. The maximum atomic E-state index is 4.07. The van der Waals surface area contributed by atoms with E-state index in [2.05, 4.69) is 31.3 Å². The van der Waals surface area contributed by atoms with Crippen LogP contribution in [0.1, 0.15) is 0 Å². The van der Waals surface area contributed by atoms with E-state index in [-0.39, 0.29) is 0 Å². The van der Waals surface area contributed by atoms with Crippen LogP contribution in [-0.4, -0.2) is 17.3 Å². The molecule has 0 saturated heterocycles. The third-order valence-electron chi connectivity index (χ3n) is 1.31. The van der Waals surface area contributed by atoms with Crippen molar-refractivity contribution in [3.63, 3.8) is 0 Å². The predicted molar refractivity (Wildman–Crippen MR) is 54.9 cm³/mol. The van der Waals surface area contributed by atoms with Gasteiger partial charge in [0, 0.05) is 12.7 Å². The van der Waals surface area contributed by atoms with Crippen molar-refractivity contribution < 1.29 is 0 Å². The van der Waals surface area contributed by atoms with E-state index in [1.807, 2.05) is 11.0 Å². The van der Waals surface area contributed by atoms with Crippen molar-refractivity contribution in [1.29, 1.82) is 0 Å². The lowest BCUT2D eigenvalue weighted by molar-refractivity contribution is 0.619. The Labute approximate surface area is 73.9 Å². The van der Waals surface area contributed by atoms with Crippen LogP contribution in [0.25, 0.3) is 0 Å². The van der Waals surface area contributed by atoms with Gasteiger partial charge in [-0.3, -0.25) is 0 Å². The molecular weight excluding hydrogens is 148 g/mol. The fourth-order valence-corrected chi connectivity index (χ4v) is 0.795. The van der Waals surface area contributed by atoms with Crippen LogP contribution in [0.3, 0.4) is 0 Å². The Kier molecular flexibility index (Phi) is 5.35. The van der Waals surface area contributed by atoms with E-state index < -0.39 is 0 Å². The lowest BCUT2D eigenvalue weighted by atomic mass is 10.4. The summed E-state index contributed by atoms with van der Waals surface area (Å²) in [5.74, 6) is 0.859. The maximum absolute atomic E-state index is 4.07. The van der Waals surface area contributed by atoms with Gasteiger partial charge in [-0.2, -0.15) is 0 Å². The number of hydrogen-bond acceptors (Lipinski definition) is 2. The average molecular weight is 162 g/mol. The van der Waals surface area contributed by atoms with E-state index in [1.165, 1.54) is 0 Å². The van der Waals surface area contributed by atoms with E-state index in [0.29, 0.717) is 0 Å². The molecule has 1 aliphatic heterocycles. The van der Waals surface area contributed by atoms with Crippen molar-refractivity contribution >= 4 is 5.84 Å². The summed E-state index contributed by atoms with van der Waals surface area (Å²) < 4.78 is 0. The summed E-state index contributed by atoms with van der Waals surface area (Å²) >= 11 is 0. The largest absolute Gasteiger partial charge is 0.330 e. The zero-order valence-electron chi connectivity index (χ0n) is 7.24. The summed E-state index contributed by atoms with van der Waals surface area (Å²) in [6.45, 7) is 14.1. The monoisotopic (exact) mass is 162 g/mol. The molecule has 0 spiro atoms. The third-order valence-corrected chi connectivity index (χ3v) is 1.31. The summed E-state index contributed by atoms with van der Waals surface area (Å²) in [7, 11) is 0. The van der Waals surface area contributed by atoms with Gasteiger partial charge < -0.3 is 4.90 Å². The van der Waals surface area contributed by atoms with E-state index in [1.54, 1.807) is 18.5 Å². The Morgan fingerprint density at radius 1 is 1.42 bits per heavy atom. The van der Waals surface area contributed by atoms with E-state index in [9.17, 15) is 0 Å². The van der Waals surface area contributed by atoms with Gasteiger partial charge in [-0.05, 0) is 18.4 Å². The molecule has 0 saturated carbocycles. The molecular formula is C10H14N2. The van der Waals surface area contributed by atoms with Crippen LogP contribution in [0.15, 0.2) is 55.9 Å². The van der Waals surface area contributed by atoms with Crippen molar-refractivity contribution in [2.24, 2.45) is 4.99 Å². The molecule has 0 atom stereocenters. The molecule has 1 heterocycles. The Balaban J connectivity index is 0.000000561. The number of nitrogens with zero attached hydrogens (tertiary/aromatic N) is 2. The molecule has 0 fully saturated rings. The van der Waals surface area contributed by atoms with Crippen LogP contribution in [0.2, 0.25) is 0 Å². The molecule has 0 radical (unpaired) electrons. The topological polar surface area (TPSA) is 15.6 Å². The first-order chi connectivity index (χ1) is 5.88. The molecule has 12 heavy (non-hydrogen) atoms. The zero-order chi connectivity index (χ0) is 9.40. The highest BCUT2D eigenvalue weighted by Crippen LogP contribution is 2.00. The summed E-state index contributed by atoms with van der Waals surface area (Å²) in [4.78, 5) is 6.00. The van der Waals surface area contributed by atoms with Gasteiger partial charge in [-0.15, -0.1) is 13.2 Å². The molecule has 1 rings (SSSR count). The smallest absolute Gasteiger partial charge is 0.132 e. The van der Waals surface area contributed by atoms with E-state index >= 15 is 0 Å². The molecule has 64 valence electrons. The highest BCUT2D eigenvalue weighted by atomic mass is 15.2. The molecule has 2 nitrogen and oxygen atoms in total. The average Bonchev–Trinajstić information content (AvgIpc) is 2.20. The molecule has 0 bridgehead atoms. The fraction of sp³-hybridized carbons (Fsp3) is 0.100. The van der Waals surface area contributed by atoms with Gasteiger partial charge >= 0.3 is 0 Å². The summed E-state index contributed by atoms with van der Waals surface area (Å²) in [6, 6.07) is 0. The maximum Gasteiger partial charge on any atom is 0.132 e. The van der Waals surface area contributed by atoms with Gasteiger partial charge in [0.05, 0.1) is 0 Å². The highest BCUT2D eigenvalue weighted by molar-refractivity contribution is 5.94. The van der Waals surface area contributed by atoms with Crippen LogP contribution < -0.4 is 0 Å². The first-order valence-electron chi connectivity index (χ1n) is 3.63. The molecule has 0 unspecified atom stereocenters. The van der Waals surface area contributed by atoms with Crippen LogP contribution in [0, 0.1) is 0 Å². The van der Waals surface area contributed by atoms with Crippen molar-refractivity contribution in [1.82, 2.24) is 4.90 Å². The molecule has 1 aliphatic rings. The molecule has 2 heteroatoms. The summed E-state index contributed by atoms with van der Waals surface area (Å²) in [6.07, 6.45) is 7.20. The molecule has 0 aromatic rings. The normalized spacial score (nSPS) is 14.0. The minimum atomic E-state index is 0.842. The first kappa shape index (κ1) is 10.4. The Hall–Kier alpha value is -1.57. The van der Waals surface area contributed by atoms with Crippen LogP contribution in [0.4, 0.5) is 0 Å². The molecule has 0 aliphatic carbocycles. The number of amidine groups is 1. The number of rotatable bonds is 2. The van der Waals surface area contributed by atoms with Crippen molar-refractivity contribution in [3.05, 3.63) is 50.9 Å². The molecule has 0 aromatic heterocycles. The second kappa shape index (κ2) is 6.16. The van der Waals surface area contributed by atoms with Crippen LogP contribution >= 0.6 is 0 Å². The minimum absolute atomic E-state index is 0.842. The quantitative estimate of drug-likeness (QED) is 0.569. The SMILES string of the molecule is C=C.C=CC1=NC=CCN1C=C. The predicted octanol–water partition coefficient (Wildman–Crippen LogP) is 2.35.